The molecule has 0 radical (unpaired) electrons. The van der Waals surface area contributed by atoms with Crippen molar-refractivity contribution in [2.75, 3.05) is 18.1 Å². The van der Waals surface area contributed by atoms with Crippen molar-refractivity contribution < 1.29 is 18.3 Å². The molecule has 1 atom stereocenters. The van der Waals surface area contributed by atoms with Gasteiger partial charge in [0.25, 0.3) is 0 Å². The molecule has 0 aliphatic carbocycles. The van der Waals surface area contributed by atoms with Crippen molar-refractivity contribution in [1.82, 2.24) is 4.98 Å². The molecular weight excluding hydrogens is 283 g/mol. The third-order valence-electron chi connectivity index (χ3n) is 3.65. The van der Waals surface area contributed by atoms with Crippen LogP contribution < -0.4 is 4.90 Å². The van der Waals surface area contributed by atoms with Gasteiger partial charge in [0.1, 0.15) is 17.6 Å². The van der Waals surface area contributed by atoms with E-state index in [-0.39, 0.29) is 24.0 Å². The van der Waals surface area contributed by atoms with Crippen LogP contribution in [0, 0.1) is 11.3 Å². The van der Waals surface area contributed by atoms with Crippen LogP contribution in [0.25, 0.3) is 0 Å². The van der Waals surface area contributed by atoms with Crippen LogP contribution >= 0.6 is 0 Å². The van der Waals surface area contributed by atoms with E-state index < -0.39 is 11.9 Å². The van der Waals surface area contributed by atoms with E-state index in [4.69, 9.17) is 5.26 Å². The predicted octanol–water partition coefficient (Wildman–Crippen LogP) is 2.71. The van der Waals surface area contributed by atoms with Crippen LogP contribution in [0.2, 0.25) is 0 Å². The molecule has 114 valence electrons. The Bertz CT molecular complexity index is 539. The maximum atomic E-state index is 12.8. The van der Waals surface area contributed by atoms with Gasteiger partial charge in [-0.1, -0.05) is 12.8 Å². The topological polar surface area (TPSA) is 60.2 Å². The molecule has 1 aliphatic heterocycles. The maximum Gasteiger partial charge on any atom is 0.433 e. The molecule has 2 heterocycles. The SMILES string of the molecule is N#Cc1ccc(C(F)(F)F)nc1N1CCCCCC1CO. The van der Waals surface area contributed by atoms with Crippen LogP contribution in [0.3, 0.4) is 0 Å². The van der Waals surface area contributed by atoms with Crippen molar-refractivity contribution in [3.05, 3.63) is 23.4 Å². The van der Waals surface area contributed by atoms with Gasteiger partial charge in [-0.3, -0.25) is 0 Å². The first-order valence-corrected chi connectivity index (χ1v) is 6.83. The number of nitrogens with zero attached hydrogens (tertiary/aromatic N) is 3. The molecule has 2 rings (SSSR count). The summed E-state index contributed by atoms with van der Waals surface area (Å²) in [4.78, 5) is 5.29. The van der Waals surface area contributed by atoms with E-state index >= 15 is 0 Å². The standard InChI is InChI=1S/C14H16F3N3O/c15-14(16,17)12-6-5-10(8-18)13(19-12)20-7-3-1-2-4-11(20)9-21/h5-6,11,21H,1-4,7,9H2. The number of hydrogen-bond acceptors (Lipinski definition) is 4. The van der Waals surface area contributed by atoms with Gasteiger partial charge in [-0.15, -0.1) is 0 Å². The number of rotatable bonds is 2. The molecule has 1 aromatic rings. The third kappa shape index (κ3) is 3.45. The van der Waals surface area contributed by atoms with Gasteiger partial charge in [0.2, 0.25) is 0 Å². The Morgan fingerprint density at radius 1 is 1.33 bits per heavy atom. The molecule has 1 fully saturated rings. The van der Waals surface area contributed by atoms with Gasteiger partial charge < -0.3 is 10.0 Å². The molecule has 0 amide bonds. The molecule has 21 heavy (non-hydrogen) atoms. The van der Waals surface area contributed by atoms with E-state index in [0.717, 1.165) is 31.4 Å². The lowest BCUT2D eigenvalue weighted by Gasteiger charge is -2.30. The van der Waals surface area contributed by atoms with Crippen molar-refractivity contribution in [3.63, 3.8) is 0 Å². The fraction of sp³-hybridized carbons (Fsp3) is 0.571. The highest BCUT2D eigenvalue weighted by molar-refractivity contribution is 5.55. The maximum absolute atomic E-state index is 12.8. The lowest BCUT2D eigenvalue weighted by molar-refractivity contribution is -0.141. The summed E-state index contributed by atoms with van der Waals surface area (Å²) in [6.07, 6.45) is -1.21. The first kappa shape index (κ1) is 15.6. The number of alkyl halides is 3. The Morgan fingerprint density at radius 2 is 2.10 bits per heavy atom. The number of aliphatic hydroxyl groups excluding tert-OH is 1. The largest absolute Gasteiger partial charge is 0.433 e. The van der Waals surface area contributed by atoms with E-state index in [2.05, 4.69) is 4.98 Å². The second-order valence-corrected chi connectivity index (χ2v) is 5.06. The van der Waals surface area contributed by atoms with E-state index in [1.54, 1.807) is 4.90 Å². The number of nitriles is 1. The molecule has 1 aromatic heterocycles. The molecule has 1 aliphatic rings. The lowest BCUT2D eigenvalue weighted by Crippen LogP contribution is -2.39. The Labute approximate surface area is 120 Å². The molecule has 0 aromatic carbocycles. The van der Waals surface area contributed by atoms with Crippen LogP contribution in [-0.2, 0) is 6.18 Å². The number of hydrogen-bond donors (Lipinski definition) is 1. The Kier molecular flexibility index (Phi) is 4.68. The summed E-state index contributed by atoms with van der Waals surface area (Å²) in [5.41, 5.74) is -0.916. The summed E-state index contributed by atoms with van der Waals surface area (Å²) in [5, 5.41) is 18.6. The average Bonchev–Trinajstić information content (AvgIpc) is 2.70. The van der Waals surface area contributed by atoms with Crippen LogP contribution in [0.5, 0.6) is 0 Å². The highest BCUT2D eigenvalue weighted by Crippen LogP contribution is 2.32. The molecule has 7 heteroatoms. The van der Waals surface area contributed by atoms with E-state index in [0.29, 0.717) is 13.0 Å². The van der Waals surface area contributed by atoms with Crippen LogP contribution in [0.15, 0.2) is 12.1 Å². The highest BCUT2D eigenvalue weighted by Gasteiger charge is 2.34. The monoisotopic (exact) mass is 299 g/mol. The van der Waals surface area contributed by atoms with Crippen molar-refractivity contribution in [2.45, 2.75) is 37.9 Å². The zero-order valence-corrected chi connectivity index (χ0v) is 11.4. The van der Waals surface area contributed by atoms with Crippen molar-refractivity contribution in [3.8, 4) is 6.07 Å². The van der Waals surface area contributed by atoms with Gasteiger partial charge in [-0.25, -0.2) is 4.98 Å². The van der Waals surface area contributed by atoms with Crippen molar-refractivity contribution in [2.24, 2.45) is 0 Å². The molecule has 1 saturated heterocycles. The molecular formula is C14H16F3N3O. The summed E-state index contributed by atoms with van der Waals surface area (Å²) in [6.45, 7) is 0.330. The lowest BCUT2D eigenvalue weighted by atomic mass is 10.1. The number of anilines is 1. The summed E-state index contributed by atoms with van der Waals surface area (Å²) in [7, 11) is 0. The zero-order valence-electron chi connectivity index (χ0n) is 11.4. The van der Waals surface area contributed by atoms with Gasteiger partial charge in [0, 0.05) is 6.54 Å². The van der Waals surface area contributed by atoms with Gasteiger partial charge in [-0.05, 0) is 25.0 Å². The minimum Gasteiger partial charge on any atom is -0.394 e. The van der Waals surface area contributed by atoms with Crippen LogP contribution in [-0.4, -0.2) is 29.3 Å². The molecule has 4 nitrogen and oxygen atoms in total. The fourth-order valence-electron chi connectivity index (χ4n) is 2.56. The fourth-order valence-corrected chi connectivity index (χ4v) is 2.56. The van der Waals surface area contributed by atoms with Crippen LogP contribution in [0.1, 0.15) is 36.9 Å². The Morgan fingerprint density at radius 3 is 2.71 bits per heavy atom. The van der Waals surface area contributed by atoms with E-state index in [1.807, 2.05) is 6.07 Å². The first-order chi connectivity index (χ1) is 9.97. The first-order valence-electron chi connectivity index (χ1n) is 6.83. The normalized spacial score (nSPS) is 20.0. The minimum absolute atomic E-state index is 0.0216. The summed E-state index contributed by atoms with van der Waals surface area (Å²) in [6, 6.07) is 3.54. The van der Waals surface area contributed by atoms with Gasteiger partial charge in [0.05, 0.1) is 18.2 Å². The van der Waals surface area contributed by atoms with Crippen LogP contribution in [0.4, 0.5) is 19.0 Å². The van der Waals surface area contributed by atoms with Crippen molar-refractivity contribution >= 4 is 5.82 Å². The smallest absolute Gasteiger partial charge is 0.394 e. The summed E-state index contributed by atoms with van der Waals surface area (Å²) in [5.74, 6) is 0.0216. The molecule has 1 unspecified atom stereocenters. The third-order valence-corrected chi connectivity index (χ3v) is 3.65. The number of halogens is 3. The molecule has 0 saturated carbocycles. The molecule has 1 N–H and O–H groups in total. The van der Waals surface area contributed by atoms with Gasteiger partial charge in [0.15, 0.2) is 0 Å². The Hall–Kier alpha value is -1.81. The average molecular weight is 299 g/mol. The van der Waals surface area contributed by atoms with E-state index in [1.165, 1.54) is 0 Å². The highest BCUT2D eigenvalue weighted by atomic mass is 19.4. The van der Waals surface area contributed by atoms with Gasteiger partial charge >= 0.3 is 6.18 Å². The molecule has 0 bridgehead atoms. The minimum atomic E-state index is -4.55. The summed E-state index contributed by atoms with van der Waals surface area (Å²) < 4.78 is 38.5. The van der Waals surface area contributed by atoms with E-state index in [9.17, 15) is 18.3 Å². The number of pyridine rings is 1. The zero-order chi connectivity index (χ0) is 15.5. The van der Waals surface area contributed by atoms with Gasteiger partial charge in [-0.2, -0.15) is 18.4 Å². The predicted molar refractivity (Wildman–Crippen MR) is 70.6 cm³/mol. The number of aromatic nitrogens is 1. The number of aliphatic hydroxyl groups is 1. The second-order valence-electron chi connectivity index (χ2n) is 5.06. The summed E-state index contributed by atoms with van der Waals surface area (Å²) >= 11 is 0. The molecule has 0 spiro atoms. The van der Waals surface area contributed by atoms with Crippen molar-refractivity contribution in [1.29, 1.82) is 5.26 Å². The quantitative estimate of drug-likeness (QED) is 0.912. The second kappa shape index (κ2) is 6.31. The Balaban J connectivity index is 2.46.